The molecule has 14 heteroatoms. The maximum absolute atomic E-state index is 13.3. The van der Waals surface area contributed by atoms with Crippen molar-refractivity contribution in [2.24, 2.45) is 0 Å². The summed E-state index contributed by atoms with van der Waals surface area (Å²) in [5.74, 6) is -0.0155. The van der Waals surface area contributed by atoms with Gasteiger partial charge in [0.2, 0.25) is 17.7 Å². The fourth-order valence-electron chi connectivity index (χ4n) is 5.42. The van der Waals surface area contributed by atoms with Crippen molar-refractivity contribution in [1.29, 1.82) is 0 Å². The zero-order valence-electron chi connectivity index (χ0n) is 33.4. The van der Waals surface area contributed by atoms with Crippen molar-refractivity contribution >= 4 is 23.5 Å². The Morgan fingerprint density at radius 3 is 1.35 bits per heavy atom. The minimum Gasteiger partial charge on any atom is -0.379 e. The van der Waals surface area contributed by atoms with Gasteiger partial charge in [0.25, 0.3) is 0 Å². The molecule has 0 saturated carbocycles. The van der Waals surface area contributed by atoms with Crippen LogP contribution in [0.5, 0.6) is 0 Å². The minimum absolute atomic E-state index is 0.0859. The van der Waals surface area contributed by atoms with Crippen molar-refractivity contribution in [3.8, 4) is 0 Å². The molecule has 0 spiro atoms. The van der Waals surface area contributed by atoms with Gasteiger partial charge >= 0.3 is 0 Å². The van der Waals surface area contributed by atoms with Crippen molar-refractivity contribution in [3.63, 3.8) is 0 Å². The molecule has 0 aromatic carbocycles. The average Bonchev–Trinajstić information content (AvgIpc) is 3.12. The molecule has 306 valence electrons. The molecule has 0 fully saturated rings. The highest BCUT2D eigenvalue weighted by Gasteiger charge is 2.33. The molecule has 3 amide bonds. The molecule has 0 radical (unpaired) electrons. The Bertz CT molecular complexity index is 851. The summed E-state index contributed by atoms with van der Waals surface area (Å²) in [6.45, 7) is 8.45. The van der Waals surface area contributed by atoms with Crippen LogP contribution in [0.1, 0.15) is 110 Å². The average molecular weight is 744 g/mol. The predicted octanol–water partition coefficient (Wildman–Crippen LogP) is 2.20. The van der Waals surface area contributed by atoms with E-state index < -0.39 is 5.54 Å². The van der Waals surface area contributed by atoms with E-state index in [9.17, 15) is 19.2 Å². The molecule has 0 aliphatic heterocycles. The van der Waals surface area contributed by atoms with Gasteiger partial charge in [0, 0.05) is 45.4 Å². The SMILES string of the molecule is CNCCCNCCCOCC(COCCC(=O)NCCCNC)(COCCC(=O)NCCCNC)NC(=O)CCCCCCCCCCC(C)=O. The standard InChI is InChI=1S/C38H77N7O7/c1-34(46)17-11-9-7-5-6-8-10-12-18-37(49)45-38(31-50-28-16-25-42-24-13-21-39-2,32-51-29-19-35(47)43-26-14-22-40-3)33-52-30-20-36(48)44-27-15-23-41-4/h39-42H,5-33H2,1-4H3,(H,43,47)(H,44,48)(H,45,49). The van der Waals surface area contributed by atoms with Crippen LogP contribution in [0.15, 0.2) is 0 Å². The Morgan fingerprint density at radius 1 is 0.442 bits per heavy atom. The number of rotatable bonds is 40. The molecule has 14 nitrogen and oxygen atoms in total. The first-order valence-electron chi connectivity index (χ1n) is 20.0. The number of amides is 3. The van der Waals surface area contributed by atoms with Crippen LogP contribution in [0, 0.1) is 0 Å². The van der Waals surface area contributed by atoms with E-state index in [1.54, 1.807) is 6.92 Å². The maximum Gasteiger partial charge on any atom is 0.222 e. The Morgan fingerprint density at radius 2 is 0.865 bits per heavy atom. The summed E-state index contributed by atoms with van der Waals surface area (Å²) in [5.41, 5.74) is -0.982. The highest BCUT2D eigenvalue weighted by molar-refractivity contribution is 5.77. The molecule has 0 rings (SSSR count). The molecule has 0 aromatic rings. The number of hydrogen-bond acceptors (Lipinski definition) is 11. The Labute approximate surface area is 315 Å². The number of hydrogen-bond donors (Lipinski definition) is 7. The maximum atomic E-state index is 13.3. The Balaban J connectivity index is 5.22. The molecule has 7 N–H and O–H groups in total. The molecular weight excluding hydrogens is 666 g/mol. The molecule has 0 bridgehead atoms. The van der Waals surface area contributed by atoms with Crippen molar-refractivity contribution in [3.05, 3.63) is 0 Å². The summed E-state index contributed by atoms with van der Waals surface area (Å²) >= 11 is 0. The normalized spacial score (nSPS) is 11.5. The first-order valence-corrected chi connectivity index (χ1v) is 20.0. The minimum atomic E-state index is -0.982. The predicted molar refractivity (Wildman–Crippen MR) is 209 cm³/mol. The summed E-state index contributed by atoms with van der Waals surface area (Å²) in [6, 6.07) is 0. The molecule has 0 saturated heterocycles. The van der Waals surface area contributed by atoms with E-state index in [1.165, 1.54) is 0 Å². The number of ether oxygens (including phenoxy) is 3. The number of unbranched alkanes of at least 4 members (excludes halogenated alkanes) is 7. The van der Waals surface area contributed by atoms with Crippen LogP contribution in [0.25, 0.3) is 0 Å². The number of carbonyl (C=O) groups is 4. The quantitative estimate of drug-likeness (QED) is 0.0458. The highest BCUT2D eigenvalue weighted by Crippen LogP contribution is 2.14. The van der Waals surface area contributed by atoms with E-state index in [2.05, 4.69) is 37.2 Å². The van der Waals surface area contributed by atoms with Gasteiger partial charge in [-0.25, -0.2) is 0 Å². The molecule has 52 heavy (non-hydrogen) atoms. The third-order valence-electron chi connectivity index (χ3n) is 8.44. The fraction of sp³-hybridized carbons (Fsp3) is 0.895. The van der Waals surface area contributed by atoms with Crippen LogP contribution >= 0.6 is 0 Å². The second-order valence-electron chi connectivity index (χ2n) is 13.7. The van der Waals surface area contributed by atoms with Gasteiger partial charge in [-0.2, -0.15) is 0 Å². The summed E-state index contributed by atoms with van der Waals surface area (Å²) in [6.07, 6.45) is 13.3. The first kappa shape index (κ1) is 49.8. The molecular formula is C38H77N7O7. The zero-order chi connectivity index (χ0) is 38.4. The first-order chi connectivity index (χ1) is 25.3. The third-order valence-corrected chi connectivity index (χ3v) is 8.44. The number of ketones is 1. The van der Waals surface area contributed by atoms with Crippen LogP contribution < -0.4 is 37.2 Å². The summed E-state index contributed by atoms with van der Waals surface area (Å²) in [4.78, 5) is 49.1. The largest absolute Gasteiger partial charge is 0.379 e. The van der Waals surface area contributed by atoms with Gasteiger partial charge in [-0.05, 0) is 99.3 Å². The van der Waals surface area contributed by atoms with Crippen LogP contribution in [0.3, 0.4) is 0 Å². The lowest BCUT2D eigenvalue weighted by Gasteiger charge is -2.34. The van der Waals surface area contributed by atoms with Crippen LogP contribution in [-0.4, -0.2) is 136 Å². The smallest absolute Gasteiger partial charge is 0.222 e. The van der Waals surface area contributed by atoms with Gasteiger partial charge in [-0.1, -0.05) is 38.5 Å². The second-order valence-corrected chi connectivity index (χ2v) is 13.7. The van der Waals surface area contributed by atoms with Crippen molar-refractivity contribution in [1.82, 2.24) is 37.2 Å². The van der Waals surface area contributed by atoms with Crippen molar-refractivity contribution in [2.45, 2.75) is 115 Å². The number of nitrogens with one attached hydrogen (secondary N) is 7. The Hall–Kier alpha value is -2.20. The van der Waals surface area contributed by atoms with E-state index in [1.807, 2.05) is 21.1 Å². The molecule has 0 aromatic heterocycles. The van der Waals surface area contributed by atoms with Crippen LogP contribution in [0.2, 0.25) is 0 Å². The monoisotopic (exact) mass is 744 g/mol. The fourth-order valence-corrected chi connectivity index (χ4v) is 5.42. The summed E-state index contributed by atoms with van der Waals surface area (Å²) in [7, 11) is 5.70. The van der Waals surface area contributed by atoms with E-state index in [4.69, 9.17) is 14.2 Å². The summed E-state index contributed by atoms with van der Waals surface area (Å²) in [5, 5.41) is 21.7. The van der Waals surface area contributed by atoms with E-state index in [0.717, 1.165) is 110 Å². The number of carbonyl (C=O) groups excluding carboxylic acids is 4. The van der Waals surface area contributed by atoms with E-state index >= 15 is 0 Å². The number of Topliss-reactive ketones (excluding diaryl/α,β-unsaturated/α-hetero) is 1. The highest BCUT2D eigenvalue weighted by atomic mass is 16.5. The van der Waals surface area contributed by atoms with Gasteiger partial charge in [-0.15, -0.1) is 0 Å². The van der Waals surface area contributed by atoms with Crippen molar-refractivity contribution < 1.29 is 33.4 Å². The van der Waals surface area contributed by atoms with Crippen LogP contribution in [-0.2, 0) is 33.4 Å². The summed E-state index contributed by atoms with van der Waals surface area (Å²) < 4.78 is 18.2. The van der Waals surface area contributed by atoms with Gasteiger partial charge < -0.3 is 56.2 Å². The lowest BCUT2D eigenvalue weighted by molar-refractivity contribution is -0.130. The third kappa shape index (κ3) is 33.6. The lowest BCUT2D eigenvalue weighted by Crippen LogP contribution is -2.58. The molecule has 0 heterocycles. The topological polar surface area (TPSA) is 180 Å². The Kier molecular flexibility index (Phi) is 35.6. The lowest BCUT2D eigenvalue weighted by atomic mass is 10.0. The van der Waals surface area contributed by atoms with Gasteiger partial charge in [0.15, 0.2) is 0 Å². The van der Waals surface area contributed by atoms with Gasteiger partial charge in [0.1, 0.15) is 11.3 Å². The molecule has 0 aliphatic carbocycles. The van der Waals surface area contributed by atoms with Crippen LogP contribution in [0.4, 0.5) is 0 Å². The van der Waals surface area contributed by atoms with Gasteiger partial charge in [0.05, 0.1) is 33.0 Å². The zero-order valence-corrected chi connectivity index (χ0v) is 33.4. The molecule has 0 atom stereocenters. The van der Waals surface area contributed by atoms with Gasteiger partial charge in [-0.3, -0.25) is 14.4 Å². The van der Waals surface area contributed by atoms with E-state index in [-0.39, 0.29) is 69.4 Å². The molecule has 0 aliphatic rings. The molecule has 0 unspecified atom stereocenters. The van der Waals surface area contributed by atoms with E-state index in [0.29, 0.717) is 32.5 Å². The van der Waals surface area contributed by atoms with Crippen molar-refractivity contribution in [2.75, 3.05) is 107 Å². The second kappa shape index (κ2) is 37.1.